The Morgan fingerprint density at radius 1 is 0.705 bits per heavy atom. The molecule has 6 nitrogen and oxygen atoms in total. The maximum absolute atomic E-state index is 13.5. The average Bonchev–Trinajstić information content (AvgIpc) is 3.03. The Morgan fingerprint density at radius 2 is 1.23 bits per heavy atom. The second kappa shape index (κ2) is 20.5. The smallest absolute Gasteiger partial charge is 0.240 e. The van der Waals surface area contributed by atoms with Crippen molar-refractivity contribution in [3.63, 3.8) is 0 Å². The van der Waals surface area contributed by atoms with Crippen molar-refractivity contribution in [2.24, 2.45) is 0 Å². The molecule has 0 heterocycles. The molecule has 0 bridgehead atoms. The number of hydrogen-bond donors (Lipinski definition) is 2. The van der Waals surface area contributed by atoms with Gasteiger partial charge in [0.1, 0.15) is 6.10 Å². The van der Waals surface area contributed by atoms with Gasteiger partial charge in [-0.15, -0.1) is 0 Å². The molecule has 0 aliphatic heterocycles. The van der Waals surface area contributed by atoms with Crippen LogP contribution in [0, 0.1) is 6.92 Å². The predicted octanol–water partition coefficient (Wildman–Crippen LogP) is 8.12. The van der Waals surface area contributed by atoms with E-state index in [9.17, 15) is 13.5 Å². The van der Waals surface area contributed by atoms with E-state index in [1.54, 1.807) is 24.3 Å². The predicted molar refractivity (Wildman–Crippen MR) is 179 cm³/mol. The van der Waals surface area contributed by atoms with Crippen LogP contribution >= 0.6 is 0 Å². The second-order valence-electron chi connectivity index (χ2n) is 11.8. The molecule has 0 aliphatic carbocycles. The summed E-state index contributed by atoms with van der Waals surface area (Å²) in [5, 5.41) is 11.5. The first-order chi connectivity index (χ1) is 21.4. The van der Waals surface area contributed by atoms with Crippen LogP contribution in [0.4, 0.5) is 0 Å². The second-order valence-corrected chi connectivity index (χ2v) is 13.6. The lowest BCUT2D eigenvalue weighted by Crippen LogP contribution is -2.52. The quantitative estimate of drug-likeness (QED) is 0.104. The van der Waals surface area contributed by atoms with E-state index in [0.717, 1.165) is 36.0 Å². The van der Waals surface area contributed by atoms with Crippen LogP contribution in [0.1, 0.15) is 94.2 Å². The summed E-state index contributed by atoms with van der Waals surface area (Å²) < 4.78 is 42.3. The van der Waals surface area contributed by atoms with E-state index in [-0.39, 0.29) is 18.1 Å². The van der Waals surface area contributed by atoms with Crippen LogP contribution in [-0.4, -0.2) is 38.4 Å². The van der Waals surface area contributed by atoms with Crippen LogP contribution in [-0.2, 0) is 32.7 Å². The summed E-state index contributed by atoms with van der Waals surface area (Å²) in [5.41, 5.74) is 2.91. The number of aliphatic hydroxyl groups is 1. The van der Waals surface area contributed by atoms with Gasteiger partial charge in [-0.2, -0.15) is 0 Å². The first-order valence-corrected chi connectivity index (χ1v) is 17.9. The van der Waals surface area contributed by atoms with Gasteiger partial charge in [0.05, 0.1) is 36.9 Å². The summed E-state index contributed by atoms with van der Waals surface area (Å²) in [6.45, 7) is 4.78. The van der Waals surface area contributed by atoms with Crippen LogP contribution in [0.2, 0.25) is 0 Å². The molecule has 7 heteroatoms. The molecule has 0 aliphatic rings. The number of sulfonamides is 1. The van der Waals surface area contributed by atoms with Gasteiger partial charge < -0.3 is 14.6 Å². The lowest BCUT2D eigenvalue weighted by molar-refractivity contribution is -0.0788. The highest BCUT2D eigenvalue weighted by Crippen LogP contribution is 2.20. The Kier molecular flexibility index (Phi) is 16.7. The lowest BCUT2D eigenvalue weighted by atomic mass is 9.99. The zero-order chi connectivity index (χ0) is 31.5. The standard InChI is InChI=1S/C37H53NO5S/c1-3-4-5-6-7-8-9-10-11-18-23-36(39)37(43-29-33-21-16-13-17-22-33)35(30-42-28-32-19-14-12-15-20-32)38-44(40,41)34-26-24-31(2)25-27-34/h12-17,19-22,24-27,35-39H,3-11,18,23,28-30H2,1-2H3/t35-,36+,37-/m0/s1. The molecule has 0 unspecified atom stereocenters. The lowest BCUT2D eigenvalue weighted by Gasteiger charge is -2.32. The minimum absolute atomic E-state index is 0.0501. The molecule has 0 aromatic heterocycles. The highest BCUT2D eigenvalue weighted by molar-refractivity contribution is 7.89. The molecule has 0 radical (unpaired) electrons. The maximum atomic E-state index is 13.5. The number of hydrogen-bond acceptors (Lipinski definition) is 5. The van der Waals surface area contributed by atoms with Crippen molar-refractivity contribution in [2.75, 3.05) is 6.61 Å². The number of unbranched alkanes of at least 4 members (excludes halogenated alkanes) is 9. The molecule has 0 fully saturated rings. The third-order valence-corrected chi connectivity index (χ3v) is 9.47. The summed E-state index contributed by atoms with van der Waals surface area (Å²) in [4.78, 5) is 0.169. The Morgan fingerprint density at radius 3 is 1.80 bits per heavy atom. The maximum Gasteiger partial charge on any atom is 0.240 e. The first kappa shape index (κ1) is 35.9. The van der Waals surface area contributed by atoms with Crippen molar-refractivity contribution in [3.05, 3.63) is 102 Å². The highest BCUT2D eigenvalue weighted by Gasteiger charge is 2.33. The van der Waals surface area contributed by atoms with Crippen molar-refractivity contribution < 1.29 is 23.0 Å². The van der Waals surface area contributed by atoms with Gasteiger partial charge in [-0.25, -0.2) is 13.1 Å². The first-order valence-electron chi connectivity index (χ1n) is 16.4. The fourth-order valence-electron chi connectivity index (χ4n) is 5.33. The molecule has 3 rings (SSSR count). The summed E-state index contributed by atoms with van der Waals surface area (Å²) in [5.74, 6) is 0. The van der Waals surface area contributed by atoms with Crippen LogP contribution in [0.3, 0.4) is 0 Å². The number of aliphatic hydroxyl groups excluding tert-OH is 1. The van der Waals surface area contributed by atoms with E-state index >= 15 is 0 Å². The van der Waals surface area contributed by atoms with E-state index < -0.39 is 28.3 Å². The van der Waals surface area contributed by atoms with E-state index in [4.69, 9.17) is 9.47 Å². The van der Waals surface area contributed by atoms with E-state index in [2.05, 4.69) is 11.6 Å². The molecule has 242 valence electrons. The average molecular weight is 624 g/mol. The molecular formula is C37H53NO5S. The number of aryl methyl sites for hydroxylation is 1. The largest absolute Gasteiger partial charge is 0.390 e. The molecule has 3 aromatic carbocycles. The van der Waals surface area contributed by atoms with E-state index in [0.29, 0.717) is 13.0 Å². The van der Waals surface area contributed by atoms with Gasteiger partial charge in [0.25, 0.3) is 0 Å². The van der Waals surface area contributed by atoms with E-state index in [1.807, 2.05) is 67.6 Å². The minimum Gasteiger partial charge on any atom is -0.390 e. The molecule has 3 atom stereocenters. The number of nitrogens with one attached hydrogen (secondary N) is 1. The summed E-state index contributed by atoms with van der Waals surface area (Å²) in [7, 11) is -3.90. The van der Waals surface area contributed by atoms with Gasteiger partial charge in [0, 0.05) is 0 Å². The molecule has 44 heavy (non-hydrogen) atoms. The fraction of sp³-hybridized carbons (Fsp3) is 0.514. The molecular weight excluding hydrogens is 570 g/mol. The van der Waals surface area contributed by atoms with Gasteiger partial charge in [0.2, 0.25) is 10.0 Å². The minimum atomic E-state index is -3.90. The third kappa shape index (κ3) is 13.6. The summed E-state index contributed by atoms with van der Waals surface area (Å²) in [6.07, 6.45) is 10.9. The molecule has 0 saturated heterocycles. The Balaban J connectivity index is 1.69. The van der Waals surface area contributed by atoms with E-state index in [1.165, 1.54) is 44.9 Å². The van der Waals surface area contributed by atoms with Gasteiger partial charge >= 0.3 is 0 Å². The van der Waals surface area contributed by atoms with Crippen LogP contribution in [0.15, 0.2) is 89.8 Å². The normalized spacial score (nSPS) is 13.9. The van der Waals surface area contributed by atoms with Crippen molar-refractivity contribution in [2.45, 2.75) is 121 Å². The van der Waals surface area contributed by atoms with Crippen molar-refractivity contribution in [3.8, 4) is 0 Å². The van der Waals surface area contributed by atoms with Crippen LogP contribution < -0.4 is 4.72 Å². The molecule has 0 spiro atoms. The van der Waals surface area contributed by atoms with Crippen molar-refractivity contribution >= 4 is 10.0 Å². The topological polar surface area (TPSA) is 84.9 Å². The van der Waals surface area contributed by atoms with Crippen LogP contribution in [0.5, 0.6) is 0 Å². The van der Waals surface area contributed by atoms with Crippen molar-refractivity contribution in [1.29, 1.82) is 0 Å². The zero-order valence-electron chi connectivity index (χ0n) is 26.7. The molecule has 0 saturated carbocycles. The third-order valence-electron chi connectivity index (χ3n) is 7.96. The summed E-state index contributed by atoms with van der Waals surface area (Å²) >= 11 is 0. The number of rotatable bonds is 23. The van der Waals surface area contributed by atoms with Gasteiger partial charge in [0.15, 0.2) is 0 Å². The van der Waals surface area contributed by atoms with Crippen LogP contribution in [0.25, 0.3) is 0 Å². The Hall–Kier alpha value is -2.55. The molecule has 3 aromatic rings. The molecule has 0 amide bonds. The Bertz CT molecular complexity index is 1250. The number of benzene rings is 3. The number of ether oxygens (including phenoxy) is 2. The van der Waals surface area contributed by atoms with Gasteiger partial charge in [-0.3, -0.25) is 0 Å². The monoisotopic (exact) mass is 623 g/mol. The fourth-order valence-corrected chi connectivity index (χ4v) is 6.56. The highest BCUT2D eigenvalue weighted by atomic mass is 32.2. The molecule has 2 N–H and O–H groups in total. The van der Waals surface area contributed by atoms with Gasteiger partial charge in [-0.05, 0) is 36.6 Å². The summed E-state index contributed by atoms with van der Waals surface area (Å²) in [6, 6.07) is 25.5. The van der Waals surface area contributed by atoms with Gasteiger partial charge in [-0.1, -0.05) is 149 Å². The Labute approximate surface area is 266 Å². The SMILES string of the molecule is CCCCCCCCCCCC[C@@H](O)[C@@H](OCc1ccccc1)[C@H](COCc1ccccc1)NS(=O)(=O)c1ccc(C)cc1. The zero-order valence-corrected chi connectivity index (χ0v) is 27.5. The van der Waals surface area contributed by atoms with Crippen molar-refractivity contribution in [1.82, 2.24) is 4.72 Å².